The molecule has 8 heteroatoms. The minimum absolute atomic E-state index is 0.206. The van der Waals surface area contributed by atoms with Gasteiger partial charge < -0.3 is 10.1 Å². The fourth-order valence-electron chi connectivity index (χ4n) is 1.57. The average Bonchev–Trinajstić information content (AvgIpc) is 2.94. The lowest BCUT2D eigenvalue weighted by molar-refractivity contribution is 0.0531. The van der Waals surface area contributed by atoms with Crippen molar-refractivity contribution in [3.05, 3.63) is 35.7 Å². The van der Waals surface area contributed by atoms with E-state index in [0.717, 1.165) is 13.8 Å². The van der Waals surface area contributed by atoms with Crippen molar-refractivity contribution in [1.82, 2.24) is 0 Å². The number of hydrogen-bond donors (Lipinski definition) is 1. The molecule has 0 aromatic carbocycles. The number of aryl methyl sites for hydroxylation is 1. The number of carbonyl (C=O) groups is 2. The molecule has 0 aliphatic carbocycles. The SMILES string of the molecule is CCOC(=O)c1sc(NC(=O)c2cc(Br)c(Br)s2)cc1C. The zero-order chi connectivity index (χ0) is 15.6. The molecule has 1 N–H and O–H groups in total. The van der Waals surface area contributed by atoms with Gasteiger partial charge in [0.25, 0.3) is 5.91 Å². The molecule has 2 aromatic rings. The Morgan fingerprint density at radius 1 is 1.29 bits per heavy atom. The molecule has 2 aromatic heterocycles. The van der Waals surface area contributed by atoms with E-state index in [-0.39, 0.29) is 11.9 Å². The van der Waals surface area contributed by atoms with Crippen molar-refractivity contribution in [1.29, 1.82) is 0 Å². The number of rotatable bonds is 4. The maximum absolute atomic E-state index is 12.1. The Bertz CT molecular complexity index is 674. The molecule has 0 radical (unpaired) electrons. The third kappa shape index (κ3) is 3.94. The maximum atomic E-state index is 12.1. The van der Waals surface area contributed by atoms with Crippen molar-refractivity contribution in [3.8, 4) is 0 Å². The highest BCUT2D eigenvalue weighted by Gasteiger charge is 2.17. The summed E-state index contributed by atoms with van der Waals surface area (Å²) in [6, 6.07) is 3.52. The summed E-state index contributed by atoms with van der Waals surface area (Å²) < 4.78 is 6.68. The van der Waals surface area contributed by atoms with Gasteiger partial charge in [-0.2, -0.15) is 0 Å². The zero-order valence-electron chi connectivity index (χ0n) is 11.2. The van der Waals surface area contributed by atoms with Crippen molar-refractivity contribution < 1.29 is 14.3 Å². The monoisotopic (exact) mass is 451 g/mol. The highest BCUT2D eigenvalue weighted by molar-refractivity contribution is 9.13. The van der Waals surface area contributed by atoms with Crippen LogP contribution in [0, 0.1) is 6.92 Å². The Kier molecular flexibility index (Phi) is 5.59. The minimum atomic E-state index is -0.359. The van der Waals surface area contributed by atoms with Crippen molar-refractivity contribution in [2.75, 3.05) is 11.9 Å². The quantitative estimate of drug-likeness (QED) is 0.658. The molecule has 112 valence electrons. The highest BCUT2D eigenvalue weighted by Crippen LogP contribution is 2.33. The molecule has 0 spiro atoms. The number of halogens is 2. The first-order valence-electron chi connectivity index (χ1n) is 5.96. The zero-order valence-corrected chi connectivity index (χ0v) is 16.0. The number of hydrogen-bond acceptors (Lipinski definition) is 5. The number of nitrogens with one attached hydrogen (secondary N) is 1. The van der Waals surface area contributed by atoms with E-state index in [4.69, 9.17) is 4.74 Å². The van der Waals surface area contributed by atoms with Gasteiger partial charge in [-0.05, 0) is 63.4 Å². The number of thiophene rings is 2. The molecular formula is C13H11Br2NO3S2. The van der Waals surface area contributed by atoms with E-state index in [1.54, 1.807) is 19.1 Å². The maximum Gasteiger partial charge on any atom is 0.348 e. The predicted octanol–water partition coefficient (Wildman–Crippen LogP) is 5.07. The van der Waals surface area contributed by atoms with E-state index in [1.165, 1.54) is 22.7 Å². The van der Waals surface area contributed by atoms with Gasteiger partial charge in [0.15, 0.2) is 0 Å². The Balaban J connectivity index is 2.15. The molecule has 0 saturated heterocycles. The van der Waals surface area contributed by atoms with Gasteiger partial charge in [0, 0.05) is 4.47 Å². The summed E-state index contributed by atoms with van der Waals surface area (Å²) in [5, 5.41) is 3.42. The highest BCUT2D eigenvalue weighted by atomic mass is 79.9. The molecular weight excluding hydrogens is 442 g/mol. The summed E-state index contributed by atoms with van der Waals surface area (Å²) in [4.78, 5) is 25.0. The molecule has 21 heavy (non-hydrogen) atoms. The average molecular weight is 453 g/mol. The van der Waals surface area contributed by atoms with Crippen LogP contribution in [0.2, 0.25) is 0 Å². The van der Waals surface area contributed by atoms with E-state index in [1.807, 2.05) is 6.92 Å². The van der Waals surface area contributed by atoms with Gasteiger partial charge >= 0.3 is 5.97 Å². The van der Waals surface area contributed by atoms with Crippen LogP contribution in [0.15, 0.2) is 20.4 Å². The number of carbonyl (C=O) groups excluding carboxylic acids is 2. The van der Waals surface area contributed by atoms with Gasteiger partial charge in [0.05, 0.1) is 20.3 Å². The van der Waals surface area contributed by atoms with E-state index >= 15 is 0 Å². The van der Waals surface area contributed by atoms with Gasteiger partial charge in [-0.15, -0.1) is 22.7 Å². The van der Waals surface area contributed by atoms with Gasteiger partial charge in [-0.3, -0.25) is 4.79 Å². The largest absolute Gasteiger partial charge is 0.462 e. The Hall–Kier alpha value is -0.700. The fourth-order valence-corrected chi connectivity index (χ4v) is 4.47. The summed E-state index contributed by atoms with van der Waals surface area (Å²) in [5.74, 6) is -0.565. The Labute approximate surface area is 146 Å². The van der Waals surface area contributed by atoms with E-state index in [0.29, 0.717) is 21.4 Å². The summed E-state index contributed by atoms with van der Waals surface area (Å²) >= 11 is 9.26. The Morgan fingerprint density at radius 3 is 2.57 bits per heavy atom. The van der Waals surface area contributed by atoms with Gasteiger partial charge in [0.2, 0.25) is 0 Å². The molecule has 2 heterocycles. The number of anilines is 1. The van der Waals surface area contributed by atoms with Crippen LogP contribution in [-0.2, 0) is 4.74 Å². The fraction of sp³-hybridized carbons (Fsp3) is 0.231. The number of esters is 1. The van der Waals surface area contributed by atoms with Crippen LogP contribution in [0.1, 0.15) is 31.8 Å². The van der Waals surface area contributed by atoms with Crippen molar-refractivity contribution >= 4 is 71.4 Å². The van der Waals surface area contributed by atoms with E-state index in [9.17, 15) is 9.59 Å². The molecule has 0 aliphatic heterocycles. The second-order valence-corrected chi connectivity index (χ2v) is 8.31. The molecule has 0 fully saturated rings. The van der Waals surface area contributed by atoms with Crippen molar-refractivity contribution in [2.45, 2.75) is 13.8 Å². The second kappa shape index (κ2) is 7.04. The first kappa shape index (κ1) is 16.7. The lowest BCUT2D eigenvalue weighted by atomic mass is 10.3. The third-order valence-corrected chi connectivity index (χ3v) is 6.87. The van der Waals surface area contributed by atoms with E-state index in [2.05, 4.69) is 37.2 Å². The smallest absolute Gasteiger partial charge is 0.348 e. The van der Waals surface area contributed by atoms with Crippen LogP contribution in [0.5, 0.6) is 0 Å². The third-order valence-electron chi connectivity index (χ3n) is 2.48. The summed E-state index contributed by atoms with van der Waals surface area (Å²) in [6.07, 6.45) is 0. The first-order chi connectivity index (χ1) is 9.92. The van der Waals surface area contributed by atoms with Gasteiger partial charge in [-0.1, -0.05) is 0 Å². The second-order valence-electron chi connectivity index (χ2n) is 4.03. The first-order valence-corrected chi connectivity index (χ1v) is 9.18. The van der Waals surface area contributed by atoms with Crippen molar-refractivity contribution in [3.63, 3.8) is 0 Å². The van der Waals surface area contributed by atoms with Crippen LogP contribution in [-0.4, -0.2) is 18.5 Å². The normalized spacial score (nSPS) is 10.5. The topological polar surface area (TPSA) is 55.4 Å². The molecule has 2 rings (SSSR count). The number of ether oxygens (including phenoxy) is 1. The predicted molar refractivity (Wildman–Crippen MR) is 92.7 cm³/mol. The Morgan fingerprint density at radius 2 is 2.00 bits per heavy atom. The standard InChI is InChI=1S/C13H11Br2NO3S2/c1-3-19-13(18)10-6(2)4-9(21-10)16-12(17)8-5-7(14)11(15)20-8/h4-5H,3H2,1-2H3,(H,16,17). The van der Waals surface area contributed by atoms with Gasteiger partial charge in [-0.25, -0.2) is 4.79 Å². The molecule has 0 bridgehead atoms. The minimum Gasteiger partial charge on any atom is -0.462 e. The molecule has 4 nitrogen and oxygen atoms in total. The van der Waals surface area contributed by atoms with E-state index < -0.39 is 0 Å². The summed E-state index contributed by atoms with van der Waals surface area (Å²) in [6.45, 7) is 3.90. The van der Waals surface area contributed by atoms with Crippen LogP contribution in [0.4, 0.5) is 5.00 Å². The molecule has 1 amide bonds. The molecule has 0 unspecified atom stereocenters. The van der Waals surface area contributed by atoms with Crippen LogP contribution >= 0.6 is 54.5 Å². The van der Waals surface area contributed by atoms with Crippen LogP contribution in [0.25, 0.3) is 0 Å². The summed E-state index contributed by atoms with van der Waals surface area (Å²) in [7, 11) is 0. The van der Waals surface area contributed by atoms with Gasteiger partial charge in [0.1, 0.15) is 4.88 Å². The number of amides is 1. The summed E-state index contributed by atoms with van der Waals surface area (Å²) in [5.41, 5.74) is 0.794. The lowest BCUT2D eigenvalue weighted by Gasteiger charge is -1.99. The van der Waals surface area contributed by atoms with Crippen LogP contribution < -0.4 is 5.32 Å². The van der Waals surface area contributed by atoms with Crippen LogP contribution in [0.3, 0.4) is 0 Å². The molecule has 0 atom stereocenters. The molecule has 0 aliphatic rings. The van der Waals surface area contributed by atoms with Crippen molar-refractivity contribution in [2.24, 2.45) is 0 Å². The molecule has 0 saturated carbocycles. The lowest BCUT2D eigenvalue weighted by Crippen LogP contribution is -2.08.